The molecule has 1 fully saturated rings. The van der Waals surface area contributed by atoms with Crippen molar-refractivity contribution in [3.8, 4) is 0 Å². The fourth-order valence-electron chi connectivity index (χ4n) is 9.67. The van der Waals surface area contributed by atoms with Gasteiger partial charge in [0.05, 0.1) is 36.8 Å². The van der Waals surface area contributed by atoms with Crippen molar-refractivity contribution in [3.63, 3.8) is 0 Å². The molecular formula is C52H79N3O8. The van der Waals surface area contributed by atoms with Gasteiger partial charge in [-0.05, 0) is 74.1 Å². The molecule has 2 aromatic carbocycles. The maximum atomic E-state index is 14.6. The van der Waals surface area contributed by atoms with Gasteiger partial charge in [0.2, 0.25) is 11.8 Å². The van der Waals surface area contributed by atoms with E-state index >= 15 is 0 Å². The van der Waals surface area contributed by atoms with Crippen LogP contribution in [0.3, 0.4) is 0 Å². The highest BCUT2D eigenvalue weighted by molar-refractivity contribution is 5.90. The van der Waals surface area contributed by atoms with Gasteiger partial charge in [-0.15, -0.1) is 0 Å². The quantitative estimate of drug-likeness (QED) is 0.0894. The van der Waals surface area contributed by atoms with Crippen molar-refractivity contribution in [2.75, 3.05) is 41.4 Å². The van der Waals surface area contributed by atoms with Crippen LogP contribution in [0.5, 0.6) is 0 Å². The summed E-state index contributed by atoms with van der Waals surface area (Å²) in [4.78, 5) is 73.8. The first-order valence-electron chi connectivity index (χ1n) is 23.3. The zero-order valence-electron chi connectivity index (χ0n) is 40.2. The summed E-state index contributed by atoms with van der Waals surface area (Å²) in [6.07, 6.45) is 6.95. The molecule has 0 unspecified atom stereocenters. The topological polar surface area (TPSA) is 134 Å². The second kappa shape index (κ2) is 26.6. The lowest BCUT2D eigenvalue weighted by Gasteiger charge is -2.41. The lowest BCUT2D eigenvalue weighted by atomic mass is 9.83. The van der Waals surface area contributed by atoms with Gasteiger partial charge < -0.3 is 24.4 Å². The lowest BCUT2D eigenvalue weighted by molar-refractivity contribution is -0.149. The number of methoxy groups -OCH3 is 2. The SMILES string of the molecule is CC[C@H](C)[C@@H]([C@@H](CC(=O)N1CCC[C@H]1[C@H](OC)[C@@H](C)C(=O)C[C@H](/C=C\c1ccccc1)Cc1ccccc1)OC)N(C)C(=O)[C@@H](CC(=O)[C@H](C(C)C)N(C)CCCC(=O)O)C(C)C. The van der Waals surface area contributed by atoms with Gasteiger partial charge in [-0.3, -0.25) is 28.9 Å². The Balaban J connectivity index is 1.79. The van der Waals surface area contributed by atoms with Crippen LogP contribution in [0.15, 0.2) is 66.7 Å². The van der Waals surface area contributed by atoms with Gasteiger partial charge in [-0.2, -0.15) is 0 Å². The van der Waals surface area contributed by atoms with E-state index in [9.17, 15) is 24.0 Å². The number of benzene rings is 2. The molecule has 11 heteroatoms. The molecule has 63 heavy (non-hydrogen) atoms. The van der Waals surface area contributed by atoms with E-state index in [1.165, 1.54) is 0 Å². The van der Waals surface area contributed by atoms with E-state index in [4.69, 9.17) is 14.6 Å². The number of ether oxygens (including phenoxy) is 2. The van der Waals surface area contributed by atoms with Crippen LogP contribution in [0, 0.1) is 35.5 Å². The number of carbonyl (C=O) groups is 5. The van der Waals surface area contributed by atoms with Gasteiger partial charge in [0.25, 0.3) is 0 Å². The third kappa shape index (κ3) is 15.8. The third-order valence-corrected chi connectivity index (χ3v) is 13.4. The Morgan fingerprint density at radius 3 is 2.03 bits per heavy atom. The molecule has 2 aromatic rings. The van der Waals surface area contributed by atoms with Crippen LogP contribution < -0.4 is 0 Å². The molecule has 0 aromatic heterocycles. The summed E-state index contributed by atoms with van der Waals surface area (Å²) in [6.45, 7) is 14.9. The summed E-state index contributed by atoms with van der Waals surface area (Å²) in [5, 5.41) is 9.14. The Morgan fingerprint density at radius 1 is 0.841 bits per heavy atom. The summed E-state index contributed by atoms with van der Waals surface area (Å²) in [7, 11) is 6.82. The maximum absolute atomic E-state index is 14.6. The molecule has 3 rings (SSSR count). The number of carboxylic acids is 1. The summed E-state index contributed by atoms with van der Waals surface area (Å²) in [5.41, 5.74) is 2.24. The average molecular weight is 874 g/mol. The predicted octanol–water partition coefficient (Wildman–Crippen LogP) is 8.49. The van der Waals surface area contributed by atoms with Gasteiger partial charge in [-0.1, -0.05) is 128 Å². The zero-order valence-corrected chi connectivity index (χ0v) is 40.2. The molecule has 0 bridgehead atoms. The number of allylic oxidation sites excluding steroid dienone is 1. The maximum Gasteiger partial charge on any atom is 0.303 e. The van der Waals surface area contributed by atoms with E-state index in [-0.39, 0.29) is 72.4 Å². The Hall–Kier alpha value is -4.19. The number of hydrogen-bond donors (Lipinski definition) is 1. The molecule has 0 spiro atoms. The minimum atomic E-state index is -0.871. The van der Waals surface area contributed by atoms with Crippen LogP contribution in [0.25, 0.3) is 6.08 Å². The number of carbonyl (C=O) groups excluding carboxylic acids is 4. The van der Waals surface area contributed by atoms with Crippen molar-refractivity contribution in [1.29, 1.82) is 0 Å². The second-order valence-corrected chi connectivity index (χ2v) is 18.7. The van der Waals surface area contributed by atoms with Crippen molar-refractivity contribution < 1.29 is 38.6 Å². The van der Waals surface area contributed by atoms with Crippen molar-refractivity contribution in [2.45, 2.75) is 137 Å². The number of amides is 2. The molecule has 1 aliphatic heterocycles. The smallest absolute Gasteiger partial charge is 0.303 e. The van der Waals surface area contributed by atoms with E-state index < -0.39 is 42.1 Å². The van der Waals surface area contributed by atoms with Crippen LogP contribution in [0.1, 0.15) is 111 Å². The first kappa shape index (κ1) is 53.2. The monoisotopic (exact) mass is 874 g/mol. The number of rotatable bonds is 28. The van der Waals surface area contributed by atoms with Gasteiger partial charge in [0, 0.05) is 58.9 Å². The lowest BCUT2D eigenvalue weighted by Crippen LogP contribution is -2.54. The molecule has 1 aliphatic rings. The molecular weight excluding hydrogens is 795 g/mol. The number of nitrogens with zero attached hydrogens (tertiary/aromatic N) is 3. The molecule has 350 valence electrons. The number of likely N-dealkylation sites (tertiary alicyclic amines) is 1. The molecule has 11 nitrogen and oxygen atoms in total. The van der Waals surface area contributed by atoms with Gasteiger partial charge in [0.1, 0.15) is 5.78 Å². The number of ketones is 2. The summed E-state index contributed by atoms with van der Waals surface area (Å²) in [5.74, 6) is -2.36. The van der Waals surface area contributed by atoms with Crippen LogP contribution in [-0.4, -0.2) is 121 Å². The van der Waals surface area contributed by atoms with Crippen molar-refractivity contribution in [1.82, 2.24) is 14.7 Å². The normalized spacial score (nSPS) is 18.3. The van der Waals surface area contributed by atoms with Crippen molar-refractivity contribution in [3.05, 3.63) is 77.9 Å². The van der Waals surface area contributed by atoms with E-state index in [1.54, 1.807) is 26.2 Å². The Morgan fingerprint density at radius 2 is 1.48 bits per heavy atom. The van der Waals surface area contributed by atoms with Gasteiger partial charge in [0.15, 0.2) is 5.78 Å². The van der Waals surface area contributed by atoms with Gasteiger partial charge >= 0.3 is 5.97 Å². The molecule has 9 atom stereocenters. The zero-order chi connectivity index (χ0) is 46.8. The standard InChI is InChI=1S/C52H79N3O8/c1-12-37(6)50(54(9)52(61)42(35(2)3)33-45(57)49(36(4)5)53(8)29-20-26-48(59)60)46(62-10)34-47(58)55-30-19-25-43(55)51(63-11)38(7)44(56)32-41(31-40-23-17-14-18-24-40)28-27-39-21-15-13-16-22-39/h13-18,21-24,27-28,35-38,41-43,46,49-51H,12,19-20,25-26,29-34H2,1-11H3,(H,59,60)/b28-27-/t37-,38-,41+,42-,43-,46+,49-,50-,51+/m0/s1. The first-order chi connectivity index (χ1) is 29.9. The fraction of sp³-hybridized carbons (Fsp3) is 0.635. The van der Waals surface area contributed by atoms with Crippen molar-refractivity contribution >= 4 is 35.4 Å². The van der Waals surface area contributed by atoms with E-state index in [0.29, 0.717) is 32.4 Å². The minimum absolute atomic E-state index is 0.0233. The number of hydrogen-bond acceptors (Lipinski definition) is 8. The average Bonchev–Trinajstić information content (AvgIpc) is 3.74. The second-order valence-electron chi connectivity index (χ2n) is 18.7. The summed E-state index contributed by atoms with van der Waals surface area (Å²) < 4.78 is 12.2. The van der Waals surface area contributed by atoms with Crippen LogP contribution in [0.2, 0.25) is 0 Å². The van der Waals surface area contributed by atoms with E-state index in [2.05, 4.69) is 38.1 Å². The Labute approximate surface area is 378 Å². The highest BCUT2D eigenvalue weighted by Gasteiger charge is 2.43. The number of aliphatic carboxylic acids is 1. The number of Topliss-reactive ketones (excluding diaryl/α,β-unsaturated/α-hetero) is 2. The highest BCUT2D eigenvalue weighted by Crippen LogP contribution is 2.32. The van der Waals surface area contributed by atoms with E-state index in [1.807, 2.05) is 100.0 Å². The molecule has 1 N–H and O–H groups in total. The molecule has 0 saturated carbocycles. The largest absolute Gasteiger partial charge is 0.481 e. The number of likely N-dealkylation sites (N-methyl/N-ethyl adjacent to an activating group) is 2. The third-order valence-electron chi connectivity index (χ3n) is 13.4. The number of carboxylic acid groups (broad SMARTS) is 1. The highest BCUT2D eigenvalue weighted by atomic mass is 16.5. The van der Waals surface area contributed by atoms with E-state index in [0.717, 1.165) is 30.4 Å². The Kier molecular flexibility index (Phi) is 22.4. The van der Waals surface area contributed by atoms with Crippen LogP contribution in [-0.2, 0) is 39.9 Å². The van der Waals surface area contributed by atoms with Crippen LogP contribution in [0.4, 0.5) is 0 Å². The minimum Gasteiger partial charge on any atom is -0.481 e. The van der Waals surface area contributed by atoms with Crippen LogP contribution >= 0.6 is 0 Å². The van der Waals surface area contributed by atoms with Gasteiger partial charge in [-0.25, -0.2) is 0 Å². The van der Waals surface area contributed by atoms with Crippen molar-refractivity contribution in [2.24, 2.45) is 35.5 Å². The molecule has 2 amide bonds. The molecule has 1 heterocycles. The first-order valence-corrected chi connectivity index (χ1v) is 23.3. The Bertz CT molecular complexity index is 1750. The predicted molar refractivity (Wildman–Crippen MR) is 251 cm³/mol. The molecule has 0 aliphatic carbocycles. The fourth-order valence-corrected chi connectivity index (χ4v) is 9.67. The summed E-state index contributed by atoms with van der Waals surface area (Å²) in [6, 6.07) is 19.1. The molecule has 0 radical (unpaired) electrons. The summed E-state index contributed by atoms with van der Waals surface area (Å²) >= 11 is 0. The molecule has 1 saturated heterocycles.